The van der Waals surface area contributed by atoms with Crippen LogP contribution in [0.1, 0.15) is 37.9 Å². The molecular formula is C13H16ClN3. The molecule has 1 fully saturated rings. The summed E-state index contributed by atoms with van der Waals surface area (Å²) >= 11 is 6.23. The lowest BCUT2D eigenvalue weighted by Gasteiger charge is -2.14. The normalized spacial score (nSPS) is 19.5. The van der Waals surface area contributed by atoms with Crippen LogP contribution in [0.2, 0.25) is 0 Å². The van der Waals surface area contributed by atoms with Crippen molar-refractivity contribution in [2.24, 2.45) is 5.41 Å². The Kier molecular flexibility index (Phi) is 2.40. The molecule has 1 aliphatic carbocycles. The topological polar surface area (TPSA) is 30.7 Å². The fourth-order valence-corrected chi connectivity index (χ4v) is 2.39. The van der Waals surface area contributed by atoms with E-state index < -0.39 is 0 Å². The second kappa shape index (κ2) is 3.70. The molecule has 1 unspecified atom stereocenters. The van der Waals surface area contributed by atoms with Crippen LogP contribution in [0.25, 0.3) is 11.0 Å². The van der Waals surface area contributed by atoms with Gasteiger partial charge in [0.2, 0.25) is 0 Å². The molecule has 0 radical (unpaired) electrons. The van der Waals surface area contributed by atoms with Crippen LogP contribution in [0.4, 0.5) is 0 Å². The Hall–Kier alpha value is -1.09. The van der Waals surface area contributed by atoms with Crippen LogP contribution < -0.4 is 0 Å². The van der Waals surface area contributed by atoms with Crippen molar-refractivity contribution in [3.63, 3.8) is 0 Å². The van der Waals surface area contributed by atoms with Crippen LogP contribution >= 0.6 is 11.6 Å². The van der Waals surface area contributed by atoms with Gasteiger partial charge in [-0.1, -0.05) is 6.92 Å². The minimum atomic E-state index is -0.0650. The molecule has 1 atom stereocenters. The molecule has 2 aromatic heterocycles. The molecule has 0 spiro atoms. The van der Waals surface area contributed by atoms with Crippen LogP contribution in [0, 0.1) is 5.41 Å². The number of hydrogen-bond donors (Lipinski definition) is 0. The lowest BCUT2D eigenvalue weighted by molar-refractivity contribution is 0.461. The maximum absolute atomic E-state index is 6.23. The van der Waals surface area contributed by atoms with E-state index in [1.54, 1.807) is 0 Å². The number of fused-ring (bicyclic) bond motifs is 1. The lowest BCUT2D eigenvalue weighted by atomic mass is 10.1. The highest BCUT2D eigenvalue weighted by molar-refractivity contribution is 6.20. The molecule has 0 amide bonds. The van der Waals surface area contributed by atoms with Gasteiger partial charge in [0.15, 0.2) is 0 Å². The lowest BCUT2D eigenvalue weighted by Crippen LogP contribution is -2.11. The first kappa shape index (κ1) is 11.0. The average molecular weight is 250 g/mol. The van der Waals surface area contributed by atoms with Gasteiger partial charge in [-0.15, -0.1) is 11.6 Å². The van der Waals surface area contributed by atoms with Gasteiger partial charge in [0, 0.05) is 12.7 Å². The second-order valence-electron chi connectivity index (χ2n) is 5.35. The number of aromatic nitrogens is 3. The van der Waals surface area contributed by atoms with Crippen LogP contribution in [0.5, 0.6) is 0 Å². The number of halogens is 1. The van der Waals surface area contributed by atoms with Gasteiger partial charge in [0.05, 0.1) is 17.1 Å². The molecule has 3 nitrogen and oxygen atoms in total. The summed E-state index contributed by atoms with van der Waals surface area (Å²) in [6, 6.07) is 2.02. The average Bonchev–Trinajstić information content (AvgIpc) is 2.90. The van der Waals surface area contributed by atoms with Crippen molar-refractivity contribution in [1.29, 1.82) is 0 Å². The Morgan fingerprint density at radius 2 is 2.29 bits per heavy atom. The molecule has 3 rings (SSSR count). The van der Waals surface area contributed by atoms with Crippen molar-refractivity contribution < 1.29 is 0 Å². The molecule has 0 N–H and O–H groups in total. The summed E-state index contributed by atoms with van der Waals surface area (Å²) in [6.07, 6.45) is 6.23. The Bertz CT molecular complexity index is 555. The van der Waals surface area contributed by atoms with Crippen molar-refractivity contribution in [2.45, 2.75) is 38.6 Å². The highest BCUT2D eigenvalue weighted by Crippen LogP contribution is 2.47. The monoisotopic (exact) mass is 249 g/mol. The van der Waals surface area contributed by atoms with E-state index >= 15 is 0 Å². The molecule has 0 saturated heterocycles. The fourth-order valence-electron chi connectivity index (χ4n) is 2.22. The van der Waals surface area contributed by atoms with Gasteiger partial charge in [-0.2, -0.15) is 0 Å². The smallest absolute Gasteiger partial charge is 0.127 e. The first-order chi connectivity index (χ1) is 8.09. The molecule has 2 aromatic rings. The summed E-state index contributed by atoms with van der Waals surface area (Å²) in [7, 11) is 0. The van der Waals surface area contributed by atoms with E-state index in [0.717, 1.165) is 23.4 Å². The molecule has 17 heavy (non-hydrogen) atoms. The largest absolute Gasteiger partial charge is 0.326 e. The summed E-state index contributed by atoms with van der Waals surface area (Å²) in [4.78, 5) is 8.71. The van der Waals surface area contributed by atoms with Gasteiger partial charge in [0.25, 0.3) is 0 Å². The third-order valence-corrected chi connectivity index (χ3v) is 3.77. The Morgan fingerprint density at radius 3 is 2.94 bits per heavy atom. The third kappa shape index (κ3) is 1.93. The summed E-state index contributed by atoms with van der Waals surface area (Å²) in [6.45, 7) is 5.31. The van der Waals surface area contributed by atoms with Gasteiger partial charge >= 0.3 is 0 Å². The number of pyridine rings is 1. The minimum absolute atomic E-state index is 0.0650. The third-order valence-electron chi connectivity index (χ3n) is 3.58. The minimum Gasteiger partial charge on any atom is -0.326 e. The molecule has 1 aliphatic rings. The molecular weight excluding hydrogens is 234 g/mol. The van der Waals surface area contributed by atoms with Crippen molar-refractivity contribution in [3.8, 4) is 0 Å². The predicted octanol–water partition coefficient (Wildman–Crippen LogP) is 3.53. The van der Waals surface area contributed by atoms with E-state index in [1.807, 2.05) is 25.4 Å². The molecule has 2 heterocycles. The molecule has 4 heteroatoms. The molecule has 1 saturated carbocycles. The standard InChI is InChI=1S/C13H16ClN3/c1-9(14)12-16-10-7-15-6-3-11(10)17(12)8-13(2)4-5-13/h3,6-7,9H,4-5,8H2,1-2H3. The molecule has 0 aromatic carbocycles. The number of rotatable bonds is 3. The van der Waals surface area contributed by atoms with E-state index in [-0.39, 0.29) is 5.38 Å². The summed E-state index contributed by atoms with van der Waals surface area (Å²) < 4.78 is 2.27. The first-order valence-electron chi connectivity index (χ1n) is 6.03. The zero-order chi connectivity index (χ0) is 12.0. The van der Waals surface area contributed by atoms with Gasteiger partial charge in [-0.25, -0.2) is 4.98 Å². The summed E-state index contributed by atoms with van der Waals surface area (Å²) in [5.74, 6) is 0.961. The predicted molar refractivity (Wildman–Crippen MR) is 69.1 cm³/mol. The van der Waals surface area contributed by atoms with E-state index in [0.29, 0.717) is 5.41 Å². The van der Waals surface area contributed by atoms with Crippen LogP contribution in [0.15, 0.2) is 18.5 Å². The highest BCUT2D eigenvalue weighted by atomic mass is 35.5. The zero-order valence-electron chi connectivity index (χ0n) is 10.2. The van der Waals surface area contributed by atoms with Crippen molar-refractivity contribution in [3.05, 3.63) is 24.3 Å². The maximum atomic E-state index is 6.23. The van der Waals surface area contributed by atoms with Gasteiger partial charge in [-0.05, 0) is 31.2 Å². The van der Waals surface area contributed by atoms with Crippen LogP contribution in [-0.4, -0.2) is 14.5 Å². The number of hydrogen-bond acceptors (Lipinski definition) is 2. The highest BCUT2D eigenvalue weighted by Gasteiger charge is 2.38. The van der Waals surface area contributed by atoms with Crippen LogP contribution in [-0.2, 0) is 6.54 Å². The van der Waals surface area contributed by atoms with E-state index in [1.165, 1.54) is 12.8 Å². The fraction of sp³-hybridized carbons (Fsp3) is 0.538. The van der Waals surface area contributed by atoms with Gasteiger partial charge in [0.1, 0.15) is 11.3 Å². The van der Waals surface area contributed by atoms with Gasteiger partial charge in [-0.3, -0.25) is 4.98 Å². The number of nitrogens with zero attached hydrogens (tertiary/aromatic N) is 3. The number of alkyl halides is 1. The molecule has 0 bridgehead atoms. The van der Waals surface area contributed by atoms with Crippen molar-refractivity contribution in [1.82, 2.24) is 14.5 Å². The number of imidazole rings is 1. The first-order valence-corrected chi connectivity index (χ1v) is 6.47. The van der Waals surface area contributed by atoms with Crippen LogP contribution in [0.3, 0.4) is 0 Å². The zero-order valence-corrected chi connectivity index (χ0v) is 10.9. The van der Waals surface area contributed by atoms with Gasteiger partial charge < -0.3 is 4.57 Å². The SMILES string of the molecule is CC(Cl)c1nc2cnccc2n1CC1(C)CC1. The van der Waals surface area contributed by atoms with Crippen molar-refractivity contribution >= 4 is 22.6 Å². The van der Waals surface area contributed by atoms with Crippen molar-refractivity contribution in [2.75, 3.05) is 0 Å². The molecule has 0 aliphatic heterocycles. The van der Waals surface area contributed by atoms with E-state index in [4.69, 9.17) is 11.6 Å². The van der Waals surface area contributed by atoms with E-state index in [2.05, 4.69) is 21.5 Å². The Balaban J connectivity index is 2.14. The summed E-state index contributed by atoms with van der Waals surface area (Å²) in [5.41, 5.74) is 2.53. The molecule has 90 valence electrons. The quantitative estimate of drug-likeness (QED) is 0.779. The van der Waals surface area contributed by atoms with E-state index in [9.17, 15) is 0 Å². The maximum Gasteiger partial charge on any atom is 0.127 e. The second-order valence-corrected chi connectivity index (χ2v) is 6.00. The Labute approximate surface area is 106 Å². The Morgan fingerprint density at radius 1 is 1.53 bits per heavy atom. The summed E-state index contributed by atoms with van der Waals surface area (Å²) in [5, 5.41) is -0.0650.